The van der Waals surface area contributed by atoms with Gasteiger partial charge in [0.25, 0.3) is 0 Å². The van der Waals surface area contributed by atoms with Gasteiger partial charge < -0.3 is 25.8 Å². The number of hydrogen-bond acceptors (Lipinski definition) is 7. The first-order chi connectivity index (χ1) is 15.4. The van der Waals surface area contributed by atoms with Crippen molar-refractivity contribution in [2.75, 3.05) is 26.2 Å². The standard InChI is InChI=1S/C24H43N3O5/c1-16-7-8-19-17(2)20(15-21(28)27-14-5-4-12-26-13-6-11-25)29-22-24(19)18(16)9-10-23(3,30-22)31-32-24/h16-20,22,26H,4-15,25H2,1-3H3,(H,27,28)/t16-,17-,18+,19+,20-,22-,23-,24-/m1/s1. The van der Waals surface area contributed by atoms with Crippen LogP contribution in [0.25, 0.3) is 0 Å². The van der Waals surface area contributed by atoms with Gasteiger partial charge >= 0.3 is 0 Å². The van der Waals surface area contributed by atoms with Gasteiger partial charge in [-0.1, -0.05) is 13.8 Å². The van der Waals surface area contributed by atoms with Gasteiger partial charge in [0.1, 0.15) is 0 Å². The highest BCUT2D eigenvalue weighted by Crippen LogP contribution is 2.60. The van der Waals surface area contributed by atoms with E-state index in [4.69, 9.17) is 25.0 Å². The molecule has 8 nitrogen and oxygen atoms in total. The molecule has 5 rings (SSSR count). The molecule has 0 unspecified atom stereocenters. The zero-order valence-electron chi connectivity index (χ0n) is 20.1. The summed E-state index contributed by atoms with van der Waals surface area (Å²) in [6, 6.07) is 0. The Bertz CT molecular complexity index is 651. The number of fused-ring (bicyclic) bond motifs is 2. The average Bonchev–Trinajstić information content (AvgIpc) is 2.99. The van der Waals surface area contributed by atoms with Crippen molar-refractivity contribution >= 4 is 5.91 Å². The summed E-state index contributed by atoms with van der Waals surface area (Å²) in [5.74, 6) is 0.643. The van der Waals surface area contributed by atoms with Crippen molar-refractivity contribution in [2.24, 2.45) is 29.4 Å². The first-order valence-corrected chi connectivity index (χ1v) is 12.8. The van der Waals surface area contributed by atoms with E-state index in [0.717, 1.165) is 58.2 Å². The molecule has 1 saturated carbocycles. The molecule has 0 aromatic rings. The summed E-state index contributed by atoms with van der Waals surface area (Å²) in [5.41, 5.74) is 4.93. The molecule has 8 atom stereocenters. The van der Waals surface area contributed by atoms with Crippen LogP contribution in [0.5, 0.6) is 0 Å². The zero-order chi connectivity index (χ0) is 22.8. The van der Waals surface area contributed by atoms with Crippen LogP contribution in [-0.4, -0.2) is 55.9 Å². The van der Waals surface area contributed by atoms with E-state index in [1.54, 1.807) is 0 Å². The third-order valence-electron chi connectivity index (χ3n) is 8.34. The summed E-state index contributed by atoms with van der Waals surface area (Å²) in [5, 5.41) is 6.44. The second-order valence-electron chi connectivity index (χ2n) is 10.6. The summed E-state index contributed by atoms with van der Waals surface area (Å²) < 4.78 is 12.9. The van der Waals surface area contributed by atoms with E-state index < -0.39 is 17.7 Å². The number of unbranched alkanes of at least 4 members (excludes halogenated alkanes) is 1. The lowest BCUT2D eigenvalue weighted by Gasteiger charge is -2.60. The lowest BCUT2D eigenvalue weighted by molar-refractivity contribution is -0.570. The Labute approximate surface area is 192 Å². The van der Waals surface area contributed by atoms with Crippen molar-refractivity contribution in [1.29, 1.82) is 0 Å². The van der Waals surface area contributed by atoms with Crippen LogP contribution in [-0.2, 0) is 24.0 Å². The summed E-state index contributed by atoms with van der Waals surface area (Å²) >= 11 is 0. The van der Waals surface area contributed by atoms with E-state index in [1.165, 1.54) is 6.42 Å². The average molecular weight is 454 g/mol. The molecule has 4 heterocycles. The summed E-state index contributed by atoms with van der Waals surface area (Å²) in [6.07, 6.45) is 6.76. The summed E-state index contributed by atoms with van der Waals surface area (Å²) in [4.78, 5) is 24.7. The van der Waals surface area contributed by atoms with Crippen molar-refractivity contribution in [1.82, 2.24) is 10.6 Å². The Balaban J connectivity index is 1.32. The number of hydrogen-bond donors (Lipinski definition) is 3. The van der Waals surface area contributed by atoms with Crippen molar-refractivity contribution < 1.29 is 24.0 Å². The molecule has 4 saturated heterocycles. The quantitative estimate of drug-likeness (QED) is 0.345. The predicted molar refractivity (Wildman–Crippen MR) is 120 cm³/mol. The second kappa shape index (κ2) is 10.2. The lowest BCUT2D eigenvalue weighted by Crippen LogP contribution is -2.70. The molecule has 0 aromatic heterocycles. The van der Waals surface area contributed by atoms with E-state index in [2.05, 4.69) is 24.5 Å². The summed E-state index contributed by atoms with van der Waals surface area (Å²) in [6.45, 7) is 9.79. The number of carbonyl (C=O) groups excluding carboxylic acids is 1. The Kier molecular flexibility index (Phi) is 7.79. The fourth-order valence-corrected chi connectivity index (χ4v) is 6.42. The van der Waals surface area contributed by atoms with Crippen LogP contribution >= 0.6 is 0 Å². The highest BCUT2D eigenvalue weighted by Gasteiger charge is 2.69. The van der Waals surface area contributed by atoms with Gasteiger partial charge in [0, 0.05) is 18.9 Å². The fourth-order valence-electron chi connectivity index (χ4n) is 6.42. The van der Waals surface area contributed by atoms with Gasteiger partial charge in [-0.05, 0) is 82.8 Å². The molecule has 5 fully saturated rings. The highest BCUT2D eigenvalue weighted by molar-refractivity contribution is 5.76. The number of rotatable bonds is 10. The van der Waals surface area contributed by atoms with Crippen LogP contribution in [0.1, 0.15) is 72.1 Å². The molecule has 32 heavy (non-hydrogen) atoms. The van der Waals surface area contributed by atoms with Gasteiger partial charge in [-0.25, -0.2) is 9.78 Å². The first-order valence-electron chi connectivity index (χ1n) is 12.8. The molecule has 4 aliphatic heterocycles. The smallest absolute Gasteiger partial charge is 0.222 e. The van der Waals surface area contributed by atoms with Crippen LogP contribution in [0.15, 0.2) is 0 Å². The second-order valence-corrected chi connectivity index (χ2v) is 10.6. The van der Waals surface area contributed by atoms with Gasteiger partial charge in [0.2, 0.25) is 11.7 Å². The van der Waals surface area contributed by atoms with E-state index in [1.807, 2.05) is 6.92 Å². The van der Waals surface area contributed by atoms with Gasteiger partial charge in [0.05, 0.1) is 12.5 Å². The topological polar surface area (TPSA) is 104 Å². The van der Waals surface area contributed by atoms with E-state index >= 15 is 0 Å². The molecule has 5 aliphatic rings. The molecular formula is C24H43N3O5. The van der Waals surface area contributed by atoms with Gasteiger partial charge in [0.15, 0.2) is 11.9 Å². The Hall–Kier alpha value is -0.770. The fraction of sp³-hybridized carbons (Fsp3) is 0.958. The molecule has 8 heteroatoms. The van der Waals surface area contributed by atoms with Gasteiger partial charge in [-0.2, -0.15) is 0 Å². The van der Waals surface area contributed by atoms with E-state index in [9.17, 15) is 4.79 Å². The van der Waals surface area contributed by atoms with Crippen molar-refractivity contribution in [3.63, 3.8) is 0 Å². The van der Waals surface area contributed by atoms with Crippen LogP contribution in [0, 0.1) is 23.7 Å². The molecule has 0 aromatic carbocycles. The van der Waals surface area contributed by atoms with Crippen LogP contribution in [0.4, 0.5) is 0 Å². The molecule has 1 spiro atoms. The number of carbonyl (C=O) groups is 1. The molecule has 2 bridgehead atoms. The first kappa shape index (κ1) is 24.4. The normalized spacial score (nSPS) is 42.9. The molecular weight excluding hydrogens is 410 g/mol. The van der Waals surface area contributed by atoms with Gasteiger partial charge in [-0.3, -0.25) is 4.79 Å². The monoisotopic (exact) mass is 453 g/mol. The minimum absolute atomic E-state index is 0.0526. The van der Waals surface area contributed by atoms with Crippen LogP contribution in [0.2, 0.25) is 0 Å². The lowest BCUT2D eigenvalue weighted by atomic mass is 9.57. The Morgan fingerprint density at radius 1 is 1.03 bits per heavy atom. The number of nitrogens with one attached hydrogen (secondary N) is 2. The Morgan fingerprint density at radius 3 is 2.62 bits per heavy atom. The maximum Gasteiger partial charge on any atom is 0.222 e. The van der Waals surface area contributed by atoms with Crippen molar-refractivity contribution in [3.05, 3.63) is 0 Å². The maximum atomic E-state index is 12.7. The number of nitrogens with two attached hydrogens (primary N) is 1. The maximum absolute atomic E-state index is 12.7. The molecule has 1 amide bonds. The van der Waals surface area contributed by atoms with Gasteiger partial charge in [-0.15, -0.1) is 0 Å². The van der Waals surface area contributed by atoms with E-state index in [-0.39, 0.29) is 23.8 Å². The van der Waals surface area contributed by atoms with Crippen LogP contribution < -0.4 is 16.4 Å². The molecule has 1 aliphatic carbocycles. The minimum atomic E-state index is -0.775. The third-order valence-corrected chi connectivity index (χ3v) is 8.34. The van der Waals surface area contributed by atoms with Crippen molar-refractivity contribution in [3.8, 4) is 0 Å². The minimum Gasteiger partial charge on any atom is -0.356 e. The largest absolute Gasteiger partial charge is 0.356 e. The SMILES string of the molecule is C[C@H]1[C@@H](CC(=O)NCCCCNCCCN)O[C@@H]2O[C@@]3(C)CC[C@H]4[C@H](C)CC[C@@H]1[C@@]24OO3. The van der Waals surface area contributed by atoms with Crippen LogP contribution in [0.3, 0.4) is 0 Å². The zero-order valence-corrected chi connectivity index (χ0v) is 20.1. The molecule has 4 N–H and O–H groups in total. The third kappa shape index (κ3) is 4.72. The van der Waals surface area contributed by atoms with E-state index in [0.29, 0.717) is 24.8 Å². The number of amides is 1. The molecule has 184 valence electrons. The Morgan fingerprint density at radius 2 is 1.81 bits per heavy atom. The molecule has 0 radical (unpaired) electrons. The van der Waals surface area contributed by atoms with Crippen molar-refractivity contribution in [2.45, 2.75) is 95.9 Å². The predicted octanol–water partition coefficient (Wildman–Crippen LogP) is 2.46. The number of ether oxygens (including phenoxy) is 2. The highest BCUT2D eigenvalue weighted by atomic mass is 17.3. The summed E-state index contributed by atoms with van der Waals surface area (Å²) in [7, 11) is 0.